The number of carbonyl (C=O) groups is 2. The van der Waals surface area contributed by atoms with Crippen LogP contribution in [0.4, 0.5) is 11.4 Å². The van der Waals surface area contributed by atoms with Crippen molar-refractivity contribution in [2.45, 2.75) is 13.0 Å². The van der Waals surface area contributed by atoms with Crippen molar-refractivity contribution in [1.29, 1.82) is 0 Å². The maximum absolute atomic E-state index is 12.9. The van der Waals surface area contributed by atoms with Crippen LogP contribution in [0.1, 0.15) is 17.3 Å². The number of hydrazine groups is 2. The van der Waals surface area contributed by atoms with E-state index in [-0.39, 0.29) is 29.1 Å². The van der Waals surface area contributed by atoms with Gasteiger partial charge in [-0.25, -0.2) is 11.3 Å². The van der Waals surface area contributed by atoms with Gasteiger partial charge in [-0.3, -0.25) is 20.0 Å². The van der Waals surface area contributed by atoms with Crippen molar-refractivity contribution < 1.29 is 19.8 Å². The molecule has 0 saturated heterocycles. The van der Waals surface area contributed by atoms with Crippen LogP contribution in [0.5, 0.6) is 11.5 Å². The summed E-state index contributed by atoms with van der Waals surface area (Å²) in [6, 6.07) is 10.4. The van der Waals surface area contributed by atoms with Crippen molar-refractivity contribution in [3.8, 4) is 11.5 Å². The van der Waals surface area contributed by atoms with Crippen molar-refractivity contribution in [2.75, 3.05) is 17.0 Å². The molecule has 10 heteroatoms. The molecule has 2 aromatic carbocycles. The van der Waals surface area contributed by atoms with E-state index in [0.717, 1.165) is 0 Å². The van der Waals surface area contributed by atoms with E-state index in [0.29, 0.717) is 22.0 Å². The molecule has 1 unspecified atom stereocenters. The number of nitrogens with two attached hydrogens (primary N) is 1. The average Bonchev–Trinajstić information content (AvgIpc) is 3.03. The quantitative estimate of drug-likeness (QED) is 0.220. The maximum atomic E-state index is 12.9. The molecular weight excluding hydrogens is 398 g/mol. The lowest BCUT2D eigenvalue weighted by Crippen LogP contribution is -2.42. The van der Waals surface area contributed by atoms with Gasteiger partial charge in [0, 0.05) is 24.4 Å². The number of anilines is 2. The van der Waals surface area contributed by atoms with Crippen molar-refractivity contribution in [2.24, 2.45) is 5.84 Å². The topological polar surface area (TPSA) is 131 Å². The standard InChI is InChI=1S/C19H20ClN5O4/c1-10-16(20)17(18(28)22-21)25(23-10)13-5-3-4-11(8-13)19(29)24(2)12-6-7-14(26)15(27)9-12/h3-10,23,26-27H,21H2,1-2H3,(H,22,28). The second-order valence-electron chi connectivity index (χ2n) is 6.44. The van der Waals surface area contributed by atoms with Crippen LogP contribution in [0.2, 0.25) is 0 Å². The third-order valence-corrected chi connectivity index (χ3v) is 5.01. The molecule has 6 N–H and O–H groups in total. The minimum absolute atomic E-state index is 0.142. The van der Waals surface area contributed by atoms with Crippen LogP contribution >= 0.6 is 11.6 Å². The molecule has 0 bridgehead atoms. The Labute approximate surface area is 171 Å². The fourth-order valence-corrected chi connectivity index (χ4v) is 3.14. The highest BCUT2D eigenvalue weighted by atomic mass is 35.5. The minimum Gasteiger partial charge on any atom is -0.504 e. The summed E-state index contributed by atoms with van der Waals surface area (Å²) < 4.78 is 0. The van der Waals surface area contributed by atoms with Gasteiger partial charge in [-0.15, -0.1) is 0 Å². The van der Waals surface area contributed by atoms with E-state index in [1.807, 2.05) is 0 Å². The first-order valence-electron chi connectivity index (χ1n) is 8.61. The van der Waals surface area contributed by atoms with E-state index >= 15 is 0 Å². The van der Waals surface area contributed by atoms with Crippen molar-refractivity contribution in [3.63, 3.8) is 0 Å². The molecule has 9 nitrogen and oxygen atoms in total. The molecule has 1 aliphatic rings. The predicted molar refractivity (Wildman–Crippen MR) is 109 cm³/mol. The third kappa shape index (κ3) is 3.83. The first kappa shape index (κ1) is 20.5. The molecule has 0 aromatic heterocycles. The zero-order chi connectivity index (χ0) is 21.3. The summed E-state index contributed by atoms with van der Waals surface area (Å²) in [5.74, 6) is 3.72. The molecular formula is C19H20ClN5O4. The highest BCUT2D eigenvalue weighted by Gasteiger charge is 2.33. The first-order valence-corrected chi connectivity index (χ1v) is 8.99. The molecule has 0 fully saturated rings. The van der Waals surface area contributed by atoms with Crippen LogP contribution in [0.15, 0.2) is 53.2 Å². The Hall–Kier alpha value is -3.27. The van der Waals surface area contributed by atoms with Gasteiger partial charge >= 0.3 is 0 Å². The number of hydrogen-bond donors (Lipinski definition) is 5. The van der Waals surface area contributed by atoms with Gasteiger partial charge < -0.3 is 15.1 Å². The van der Waals surface area contributed by atoms with Crippen LogP contribution in [0, 0.1) is 0 Å². The fourth-order valence-electron chi connectivity index (χ4n) is 2.92. The highest BCUT2D eigenvalue weighted by molar-refractivity contribution is 6.33. The molecule has 0 spiro atoms. The summed E-state index contributed by atoms with van der Waals surface area (Å²) in [5, 5.41) is 20.9. The van der Waals surface area contributed by atoms with Gasteiger partial charge in [-0.2, -0.15) is 0 Å². The Kier molecular flexibility index (Phi) is 5.64. The molecule has 1 aliphatic heterocycles. The summed E-state index contributed by atoms with van der Waals surface area (Å²) in [6.07, 6.45) is 0. The second kappa shape index (κ2) is 8.00. The summed E-state index contributed by atoms with van der Waals surface area (Å²) >= 11 is 6.25. The second-order valence-corrected chi connectivity index (χ2v) is 6.85. The number of nitrogens with one attached hydrogen (secondary N) is 2. The average molecular weight is 418 g/mol. The van der Waals surface area contributed by atoms with Crippen molar-refractivity contribution >= 4 is 34.8 Å². The number of nitrogens with zero attached hydrogens (tertiary/aromatic N) is 2. The zero-order valence-corrected chi connectivity index (χ0v) is 16.4. The lowest BCUT2D eigenvalue weighted by atomic mass is 10.1. The Morgan fingerprint density at radius 3 is 2.59 bits per heavy atom. The number of phenolic OH excluding ortho intramolecular Hbond substituents is 2. The Balaban J connectivity index is 1.92. The van der Waals surface area contributed by atoms with Gasteiger partial charge in [0.2, 0.25) is 0 Å². The van der Waals surface area contributed by atoms with Crippen LogP contribution in [0.3, 0.4) is 0 Å². The van der Waals surface area contributed by atoms with Gasteiger partial charge in [0.15, 0.2) is 11.5 Å². The number of benzene rings is 2. The van der Waals surface area contributed by atoms with Crippen molar-refractivity contribution in [1.82, 2.24) is 10.9 Å². The fraction of sp³-hybridized carbons (Fsp3) is 0.158. The Morgan fingerprint density at radius 2 is 1.93 bits per heavy atom. The van der Waals surface area contributed by atoms with Crippen LogP contribution in [0.25, 0.3) is 0 Å². The van der Waals surface area contributed by atoms with Gasteiger partial charge in [-0.05, 0) is 37.3 Å². The molecule has 3 rings (SSSR count). The molecule has 0 aliphatic carbocycles. The van der Waals surface area contributed by atoms with E-state index in [2.05, 4.69) is 10.9 Å². The number of rotatable bonds is 4. The molecule has 2 aromatic rings. The number of aromatic hydroxyl groups is 2. The Morgan fingerprint density at radius 1 is 1.21 bits per heavy atom. The number of halogens is 1. The van der Waals surface area contributed by atoms with E-state index in [1.54, 1.807) is 38.2 Å². The zero-order valence-electron chi connectivity index (χ0n) is 15.7. The molecule has 2 amide bonds. The van der Waals surface area contributed by atoms with Gasteiger partial charge in [0.25, 0.3) is 11.8 Å². The van der Waals surface area contributed by atoms with E-state index in [1.165, 1.54) is 28.1 Å². The Bertz CT molecular complexity index is 1010. The number of phenols is 2. The largest absolute Gasteiger partial charge is 0.504 e. The molecule has 152 valence electrons. The van der Waals surface area contributed by atoms with E-state index < -0.39 is 5.91 Å². The number of carbonyl (C=O) groups excluding carboxylic acids is 2. The smallest absolute Gasteiger partial charge is 0.284 e. The van der Waals surface area contributed by atoms with E-state index in [4.69, 9.17) is 17.4 Å². The SMILES string of the molecule is CC1NN(c2cccc(C(=O)N(C)c3ccc(O)c(O)c3)c2)C(C(=O)NN)=C1Cl. The third-order valence-electron chi connectivity index (χ3n) is 4.50. The van der Waals surface area contributed by atoms with Crippen LogP contribution in [-0.4, -0.2) is 35.1 Å². The van der Waals surface area contributed by atoms with Gasteiger partial charge in [0.1, 0.15) is 5.70 Å². The van der Waals surface area contributed by atoms with Crippen LogP contribution < -0.4 is 26.6 Å². The lowest BCUT2D eigenvalue weighted by molar-refractivity contribution is -0.117. The van der Waals surface area contributed by atoms with E-state index in [9.17, 15) is 19.8 Å². The first-order chi connectivity index (χ1) is 13.7. The van der Waals surface area contributed by atoms with Gasteiger partial charge in [0.05, 0.1) is 16.8 Å². The number of hydrogen-bond acceptors (Lipinski definition) is 7. The summed E-state index contributed by atoms with van der Waals surface area (Å²) in [7, 11) is 1.54. The highest BCUT2D eigenvalue weighted by Crippen LogP contribution is 2.31. The van der Waals surface area contributed by atoms with Crippen molar-refractivity contribution in [3.05, 3.63) is 58.8 Å². The van der Waals surface area contributed by atoms with Gasteiger partial charge in [-0.1, -0.05) is 17.7 Å². The predicted octanol–water partition coefficient (Wildman–Crippen LogP) is 1.53. The molecule has 0 saturated carbocycles. The monoisotopic (exact) mass is 417 g/mol. The summed E-state index contributed by atoms with van der Waals surface area (Å²) in [5.41, 5.74) is 6.50. The number of amides is 2. The van der Waals surface area contributed by atoms with Crippen LogP contribution in [-0.2, 0) is 4.79 Å². The maximum Gasteiger partial charge on any atom is 0.284 e. The molecule has 1 atom stereocenters. The normalized spacial score (nSPS) is 16.1. The lowest BCUT2D eigenvalue weighted by Gasteiger charge is -2.23. The summed E-state index contributed by atoms with van der Waals surface area (Å²) in [6.45, 7) is 1.78. The molecule has 0 radical (unpaired) electrons. The minimum atomic E-state index is -0.569. The molecule has 29 heavy (non-hydrogen) atoms. The molecule has 1 heterocycles. The summed E-state index contributed by atoms with van der Waals surface area (Å²) in [4.78, 5) is 26.4.